The van der Waals surface area contributed by atoms with Gasteiger partial charge in [0.1, 0.15) is 11.6 Å². The molecule has 0 spiro atoms. The SMILES string of the molecule is COC(=O)COc1ccc(C(=O)CN(C)C(=O)CCNc2ccccn2)cc1. The number of anilines is 1. The van der Waals surface area contributed by atoms with E-state index in [-0.39, 0.29) is 31.3 Å². The van der Waals surface area contributed by atoms with Gasteiger partial charge in [-0.3, -0.25) is 9.59 Å². The van der Waals surface area contributed by atoms with Crippen molar-refractivity contribution in [3.8, 4) is 5.75 Å². The highest BCUT2D eigenvalue weighted by Gasteiger charge is 2.14. The van der Waals surface area contributed by atoms with Crippen LogP contribution in [0.15, 0.2) is 48.7 Å². The Morgan fingerprint density at radius 1 is 1.11 bits per heavy atom. The Kier molecular flexibility index (Phi) is 7.95. The molecule has 1 aromatic heterocycles. The van der Waals surface area contributed by atoms with Crippen LogP contribution in [0.5, 0.6) is 5.75 Å². The highest BCUT2D eigenvalue weighted by Crippen LogP contribution is 2.13. The molecular weight excluding hydrogens is 362 g/mol. The minimum Gasteiger partial charge on any atom is -0.482 e. The second-order valence-electron chi connectivity index (χ2n) is 5.95. The number of aromatic nitrogens is 1. The van der Waals surface area contributed by atoms with E-state index >= 15 is 0 Å². The van der Waals surface area contributed by atoms with Crippen molar-refractivity contribution in [2.75, 3.05) is 39.2 Å². The number of Topliss-reactive ketones (excluding diaryl/α,β-unsaturated/α-hetero) is 1. The normalized spacial score (nSPS) is 10.1. The van der Waals surface area contributed by atoms with E-state index < -0.39 is 5.97 Å². The lowest BCUT2D eigenvalue weighted by Crippen LogP contribution is -2.33. The Bertz CT molecular complexity index is 793. The summed E-state index contributed by atoms with van der Waals surface area (Å²) in [7, 11) is 2.87. The van der Waals surface area contributed by atoms with Crippen molar-refractivity contribution in [3.63, 3.8) is 0 Å². The second kappa shape index (κ2) is 10.7. The monoisotopic (exact) mass is 385 g/mol. The minimum absolute atomic E-state index is 0.0230. The number of ketones is 1. The number of carbonyl (C=O) groups excluding carboxylic acids is 3. The summed E-state index contributed by atoms with van der Waals surface area (Å²) in [4.78, 5) is 41.1. The van der Waals surface area contributed by atoms with E-state index in [1.807, 2.05) is 18.2 Å². The summed E-state index contributed by atoms with van der Waals surface area (Å²) in [5.41, 5.74) is 0.455. The Morgan fingerprint density at radius 3 is 2.50 bits per heavy atom. The molecular formula is C20H23N3O5. The molecule has 0 aliphatic carbocycles. The van der Waals surface area contributed by atoms with Crippen LogP contribution in [0.3, 0.4) is 0 Å². The number of hydrogen-bond donors (Lipinski definition) is 1. The van der Waals surface area contributed by atoms with Gasteiger partial charge < -0.3 is 19.7 Å². The molecule has 0 saturated heterocycles. The van der Waals surface area contributed by atoms with E-state index in [0.29, 0.717) is 23.7 Å². The fraction of sp³-hybridized carbons (Fsp3) is 0.300. The Balaban J connectivity index is 1.77. The van der Waals surface area contributed by atoms with E-state index in [4.69, 9.17) is 4.74 Å². The third-order valence-corrected chi connectivity index (χ3v) is 3.88. The van der Waals surface area contributed by atoms with E-state index in [1.165, 1.54) is 12.0 Å². The predicted octanol–water partition coefficient (Wildman–Crippen LogP) is 1.78. The van der Waals surface area contributed by atoms with Crippen molar-refractivity contribution < 1.29 is 23.9 Å². The summed E-state index contributed by atoms with van der Waals surface area (Å²) in [5, 5.41) is 3.06. The van der Waals surface area contributed by atoms with Crippen LogP contribution in [-0.2, 0) is 14.3 Å². The third-order valence-electron chi connectivity index (χ3n) is 3.88. The van der Waals surface area contributed by atoms with Crippen molar-refractivity contribution in [2.45, 2.75) is 6.42 Å². The summed E-state index contributed by atoms with van der Waals surface area (Å²) in [6, 6.07) is 11.9. The molecule has 0 bridgehead atoms. The first kappa shape index (κ1) is 20.9. The maximum atomic E-state index is 12.3. The van der Waals surface area contributed by atoms with Gasteiger partial charge in [0.2, 0.25) is 5.91 Å². The van der Waals surface area contributed by atoms with Crippen LogP contribution in [0.25, 0.3) is 0 Å². The molecule has 0 radical (unpaired) electrons. The molecule has 0 aliphatic heterocycles. The van der Waals surface area contributed by atoms with Gasteiger partial charge in [-0.25, -0.2) is 9.78 Å². The molecule has 8 nitrogen and oxygen atoms in total. The van der Waals surface area contributed by atoms with Crippen LogP contribution in [0.2, 0.25) is 0 Å². The standard InChI is InChI=1S/C20H23N3O5/c1-23(19(25)10-12-22-18-5-3-4-11-21-18)13-17(24)15-6-8-16(9-7-15)28-14-20(26)27-2/h3-9,11H,10,12-14H2,1-2H3,(H,21,22). The van der Waals surface area contributed by atoms with Crippen LogP contribution in [0.1, 0.15) is 16.8 Å². The van der Waals surface area contributed by atoms with Crippen molar-refractivity contribution >= 4 is 23.5 Å². The van der Waals surface area contributed by atoms with Gasteiger partial charge in [0.25, 0.3) is 0 Å². The predicted molar refractivity (Wildman–Crippen MR) is 103 cm³/mol. The number of hydrogen-bond acceptors (Lipinski definition) is 7. The summed E-state index contributed by atoms with van der Waals surface area (Å²) in [6.45, 7) is 0.207. The minimum atomic E-state index is -0.488. The molecule has 2 aromatic rings. The van der Waals surface area contributed by atoms with Crippen molar-refractivity contribution in [2.24, 2.45) is 0 Å². The van der Waals surface area contributed by atoms with E-state index in [1.54, 1.807) is 37.5 Å². The molecule has 0 aliphatic rings. The summed E-state index contributed by atoms with van der Waals surface area (Å²) in [6.07, 6.45) is 1.92. The molecule has 8 heteroatoms. The maximum Gasteiger partial charge on any atom is 0.343 e. The van der Waals surface area contributed by atoms with Crippen LogP contribution >= 0.6 is 0 Å². The first-order chi connectivity index (χ1) is 13.5. The second-order valence-corrected chi connectivity index (χ2v) is 5.95. The van der Waals surface area contributed by atoms with Crippen LogP contribution in [0.4, 0.5) is 5.82 Å². The number of nitrogens with zero attached hydrogens (tertiary/aromatic N) is 2. The number of carbonyl (C=O) groups is 3. The number of pyridine rings is 1. The average Bonchev–Trinajstić information content (AvgIpc) is 2.72. The molecule has 0 unspecified atom stereocenters. The van der Waals surface area contributed by atoms with Crippen molar-refractivity contribution in [1.29, 1.82) is 0 Å². The highest BCUT2D eigenvalue weighted by molar-refractivity contribution is 5.99. The van der Waals surface area contributed by atoms with E-state index in [2.05, 4.69) is 15.0 Å². The van der Waals surface area contributed by atoms with Gasteiger partial charge in [-0.05, 0) is 36.4 Å². The van der Waals surface area contributed by atoms with Gasteiger partial charge in [0.15, 0.2) is 12.4 Å². The smallest absolute Gasteiger partial charge is 0.343 e. The van der Waals surface area contributed by atoms with Crippen molar-refractivity contribution in [3.05, 3.63) is 54.2 Å². The number of methoxy groups -OCH3 is 1. The van der Waals surface area contributed by atoms with Crippen LogP contribution in [-0.4, -0.2) is 61.4 Å². The zero-order valence-electron chi connectivity index (χ0n) is 15.9. The van der Waals surface area contributed by atoms with Gasteiger partial charge >= 0.3 is 5.97 Å². The lowest BCUT2D eigenvalue weighted by molar-refractivity contribution is -0.142. The fourth-order valence-electron chi connectivity index (χ4n) is 2.29. The lowest BCUT2D eigenvalue weighted by Gasteiger charge is -2.16. The van der Waals surface area contributed by atoms with Gasteiger partial charge in [0, 0.05) is 31.8 Å². The van der Waals surface area contributed by atoms with Gasteiger partial charge in [0.05, 0.1) is 13.7 Å². The number of amides is 1. The fourth-order valence-corrected chi connectivity index (χ4v) is 2.29. The Hall–Kier alpha value is -3.42. The Morgan fingerprint density at radius 2 is 1.86 bits per heavy atom. The van der Waals surface area contributed by atoms with E-state index in [0.717, 1.165) is 0 Å². The summed E-state index contributed by atoms with van der Waals surface area (Å²) >= 11 is 0. The number of ether oxygens (including phenoxy) is 2. The molecule has 28 heavy (non-hydrogen) atoms. The molecule has 0 atom stereocenters. The third kappa shape index (κ3) is 6.71. The average molecular weight is 385 g/mol. The topological polar surface area (TPSA) is 97.8 Å². The summed E-state index contributed by atoms with van der Waals surface area (Å²) in [5.74, 6) is 0.330. The zero-order valence-corrected chi connectivity index (χ0v) is 15.9. The molecule has 1 amide bonds. The molecule has 2 rings (SSSR count). The van der Waals surface area contributed by atoms with Crippen LogP contribution in [0, 0.1) is 0 Å². The van der Waals surface area contributed by atoms with Gasteiger partial charge in [-0.2, -0.15) is 0 Å². The number of benzene rings is 1. The van der Waals surface area contributed by atoms with Crippen LogP contribution < -0.4 is 10.1 Å². The molecule has 1 N–H and O–H groups in total. The number of rotatable bonds is 10. The molecule has 148 valence electrons. The number of nitrogens with one attached hydrogen (secondary N) is 1. The Labute approximate surface area is 163 Å². The zero-order chi connectivity index (χ0) is 20.4. The van der Waals surface area contributed by atoms with E-state index in [9.17, 15) is 14.4 Å². The molecule has 0 fully saturated rings. The molecule has 1 aromatic carbocycles. The quantitative estimate of drug-likeness (QED) is 0.492. The lowest BCUT2D eigenvalue weighted by atomic mass is 10.1. The van der Waals surface area contributed by atoms with Gasteiger partial charge in [-0.1, -0.05) is 6.07 Å². The first-order valence-electron chi connectivity index (χ1n) is 8.71. The van der Waals surface area contributed by atoms with Gasteiger partial charge in [-0.15, -0.1) is 0 Å². The number of likely N-dealkylation sites (N-methyl/N-ethyl adjacent to an activating group) is 1. The van der Waals surface area contributed by atoms with Crippen molar-refractivity contribution in [1.82, 2.24) is 9.88 Å². The summed E-state index contributed by atoms with van der Waals surface area (Å²) < 4.78 is 9.72. The highest BCUT2D eigenvalue weighted by atomic mass is 16.6. The molecule has 0 saturated carbocycles. The first-order valence-corrected chi connectivity index (χ1v) is 8.71. The number of esters is 1. The largest absolute Gasteiger partial charge is 0.482 e. The molecule has 1 heterocycles. The maximum absolute atomic E-state index is 12.3.